The predicted octanol–water partition coefficient (Wildman–Crippen LogP) is 2.36. The van der Waals surface area contributed by atoms with Crippen molar-refractivity contribution in [1.82, 2.24) is 24.4 Å². The van der Waals surface area contributed by atoms with Crippen LogP contribution in [0.25, 0.3) is 16.9 Å². The Bertz CT molecular complexity index is 1480. The van der Waals surface area contributed by atoms with Gasteiger partial charge in [-0.3, -0.25) is 14.0 Å². The largest absolute Gasteiger partial charge is 0.493 e. The molecule has 5 heterocycles. The van der Waals surface area contributed by atoms with E-state index in [0.717, 1.165) is 4.90 Å². The molecule has 0 radical (unpaired) electrons. The number of hydrogen-bond donors (Lipinski definition) is 2. The van der Waals surface area contributed by atoms with Gasteiger partial charge in [-0.05, 0) is 24.3 Å². The van der Waals surface area contributed by atoms with Gasteiger partial charge in [0.15, 0.2) is 17.2 Å². The number of fused-ring (bicyclic) bond motifs is 3. The van der Waals surface area contributed by atoms with Crippen molar-refractivity contribution in [1.29, 1.82) is 0 Å². The van der Waals surface area contributed by atoms with Crippen LogP contribution in [0.15, 0.2) is 30.6 Å². The van der Waals surface area contributed by atoms with Gasteiger partial charge in [-0.1, -0.05) is 0 Å². The van der Waals surface area contributed by atoms with Crippen LogP contribution in [0.4, 0.5) is 15.0 Å². The first-order valence-corrected chi connectivity index (χ1v) is 11.0. The number of aliphatic hydroxyl groups excluding tert-OH is 1. The van der Waals surface area contributed by atoms with E-state index in [0.29, 0.717) is 46.9 Å². The van der Waals surface area contributed by atoms with E-state index in [4.69, 9.17) is 9.47 Å². The van der Waals surface area contributed by atoms with E-state index >= 15 is 0 Å². The lowest BCUT2D eigenvalue weighted by Crippen LogP contribution is -2.31. The number of carboxylic acid groups (broad SMARTS) is 1. The van der Waals surface area contributed by atoms with Gasteiger partial charge in [-0.2, -0.15) is 5.10 Å². The molecule has 0 aliphatic carbocycles. The maximum absolute atomic E-state index is 15.0. The van der Waals surface area contributed by atoms with Crippen molar-refractivity contribution in [3.8, 4) is 22.8 Å². The van der Waals surface area contributed by atoms with Crippen molar-refractivity contribution in [2.75, 3.05) is 24.7 Å². The monoisotopic (exact) mass is 480 g/mol. The number of ether oxygens (including phenoxy) is 2. The molecule has 12 heteroatoms. The third-order valence-corrected chi connectivity index (χ3v) is 6.44. The summed E-state index contributed by atoms with van der Waals surface area (Å²) in [6, 6.07) is 6.39. The fourth-order valence-corrected chi connectivity index (χ4v) is 4.86. The molecule has 11 nitrogen and oxygen atoms in total. The zero-order valence-electron chi connectivity index (χ0n) is 18.7. The number of rotatable bonds is 3. The Kier molecular flexibility index (Phi) is 4.85. The molecule has 1 amide bonds. The van der Waals surface area contributed by atoms with Crippen LogP contribution in [-0.2, 0) is 20.0 Å². The van der Waals surface area contributed by atoms with Gasteiger partial charge >= 0.3 is 6.09 Å². The lowest BCUT2D eigenvalue weighted by atomic mass is 9.95. The minimum Gasteiger partial charge on any atom is -0.493 e. The molecule has 1 atom stereocenters. The van der Waals surface area contributed by atoms with E-state index in [1.165, 1.54) is 16.8 Å². The number of nitrogens with zero attached hydrogens (tertiary/aromatic N) is 6. The first-order valence-electron chi connectivity index (χ1n) is 11.0. The van der Waals surface area contributed by atoms with Gasteiger partial charge in [-0.25, -0.2) is 9.18 Å². The summed E-state index contributed by atoms with van der Waals surface area (Å²) in [7, 11) is 1.77. The van der Waals surface area contributed by atoms with Crippen molar-refractivity contribution in [3.05, 3.63) is 53.2 Å². The molecule has 0 spiro atoms. The molecule has 2 aliphatic rings. The topological polar surface area (TPSA) is 127 Å². The van der Waals surface area contributed by atoms with Crippen molar-refractivity contribution in [3.63, 3.8) is 0 Å². The number of pyridine rings is 1. The summed E-state index contributed by atoms with van der Waals surface area (Å²) in [6.45, 7) is 0.195. The van der Waals surface area contributed by atoms with E-state index in [1.54, 1.807) is 23.9 Å². The summed E-state index contributed by atoms with van der Waals surface area (Å²) in [5.74, 6) is 0.230. The summed E-state index contributed by atoms with van der Waals surface area (Å²) >= 11 is 0. The van der Waals surface area contributed by atoms with Gasteiger partial charge in [0.05, 0.1) is 37.1 Å². The fraction of sp³-hybridized carbons (Fsp3) is 0.304. The first-order chi connectivity index (χ1) is 17.0. The van der Waals surface area contributed by atoms with Crippen LogP contribution in [0.3, 0.4) is 0 Å². The number of anilines is 1. The van der Waals surface area contributed by atoms with Crippen LogP contribution in [0.1, 0.15) is 22.7 Å². The Hall–Kier alpha value is -4.19. The molecule has 1 aromatic carbocycles. The number of halogens is 1. The van der Waals surface area contributed by atoms with Gasteiger partial charge in [0.2, 0.25) is 0 Å². The molecular weight excluding hydrogens is 459 g/mol. The summed E-state index contributed by atoms with van der Waals surface area (Å²) < 4.78 is 30.1. The highest BCUT2D eigenvalue weighted by Crippen LogP contribution is 2.43. The second kappa shape index (κ2) is 7.94. The van der Waals surface area contributed by atoms with E-state index in [-0.39, 0.29) is 42.8 Å². The third-order valence-electron chi connectivity index (χ3n) is 6.44. The Morgan fingerprint density at radius 2 is 2.03 bits per heavy atom. The summed E-state index contributed by atoms with van der Waals surface area (Å²) in [5, 5.41) is 32.2. The highest BCUT2D eigenvalue weighted by atomic mass is 19.1. The van der Waals surface area contributed by atoms with Gasteiger partial charge in [-0.15, -0.1) is 10.2 Å². The Labute approximate surface area is 197 Å². The van der Waals surface area contributed by atoms with Gasteiger partial charge in [0, 0.05) is 36.8 Å². The van der Waals surface area contributed by atoms with E-state index < -0.39 is 11.9 Å². The van der Waals surface area contributed by atoms with E-state index in [1.807, 2.05) is 6.07 Å². The number of benzene rings is 1. The second-order valence-corrected chi connectivity index (χ2v) is 8.51. The lowest BCUT2D eigenvalue weighted by molar-refractivity contribution is 0.200. The minimum atomic E-state index is -1.28. The highest BCUT2D eigenvalue weighted by molar-refractivity contribution is 5.90. The maximum atomic E-state index is 15.0. The SMILES string of the molecule is Cn1nc(CCO)cc1-c1cc2c(n3cnnc13)N(C(=O)O)Cc1c(F)ccc3c1[C@@H](CO3)CO2. The molecule has 0 saturated heterocycles. The number of aromatic nitrogens is 5. The highest BCUT2D eigenvalue weighted by Gasteiger charge is 2.35. The molecule has 180 valence electrons. The molecule has 0 saturated carbocycles. The number of amides is 1. The average molecular weight is 480 g/mol. The second-order valence-electron chi connectivity index (χ2n) is 8.51. The van der Waals surface area contributed by atoms with Crippen LogP contribution in [-0.4, -0.2) is 60.5 Å². The smallest absolute Gasteiger partial charge is 0.413 e. The molecule has 6 rings (SSSR count). The molecule has 0 bridgehead atoms. The molecule has 35 heavy (non-hydrogen) atoms. The van der Waals surface area contributed by atoms with Crippen LogP contribution in [0.2, 0.25) is 0 Å². The van der Waals surface area contributed by atoms with Gasteiger partial charge in [0.25, 0.3) is 0 Å². The van der Waals surface area contributed by atoms with Crippen molar-refractivity contribution in [2.45, 2.75) is 18.9 Å². The molecule has 4 aromatic rings. The summed E-state index contributed by atoms with van der Waals surface area (Å²) in [6.07, 6.45) is 0.511. The average Bonchev–Trinajstić information content (AvgIpc) is 3.55. The lowest BCUT2D eigenvalue weighted by Gasteiger charge is -2.23. The quantitative estimate of drug-likeness (QED) is 0.458. The van der Waals surface area contributed by atoms with Crippen molar-refractivity contribution >= 4 is 17.6 Å². The minimum absolute atomic E-state index is 0.0414. The Balaban J connectivity index is 1.58. The zero-order valence-corrected chi connectivity index (χ0v) is 18.7. The summed E-state index contributed by atoms with van der Waals surface area (Å²) in [4.78, 5) is 13.5. The fourth-order valence-electron chi connectivity index (χ4n) is 4.86. The first kappa shape index (κ1) is 21.4. The number of hydrogen-bond acceptors (Lipinski definition) is 7. The normalized spacial score (nSPS) is 16.7. The molecule has 0 unspecified atom stereocenters. The number of carbonyl (C=O) groups is 1. The molecule has 2 N–H and O–H groups in total. The molecular formula is C23H21FN6O5. The molecule has 2 aliphatic heterocycles. The van der Waals surface area contributed by atoms with Crippen LogP contribution in [0.5, 0.6) is 11.5 Å². The zero-order chi connectivity index (χ0) is 24.3. The van der Waals surface area contributed by atoms with E-state index in [9.17, 15) is 19.4 Å². The summed E-state index contributed by atoms with van der Waals surface area (Å²) in [5.41, 5.74) is 3.29. The Morgan fingerprint density at radius 1 is 1.23 bits per heavy atom. The molecule has 3 aromatic heterocycles. The third kappa shape index (κ3) is 3.28. The van der Waals surface area contributed by atoms with Crippen LogP contribution < -0.4 is 14.4 Å². The van der Waals surface area contributed by atoms with Gasteiger partial charge in [0.1, 0.15) is 17.9 Å². The number of aliphatic hydroxyl groups is 1. The standard InChI is InChI=1S/C23H21FN6O5/c1-28-17(6-13(27-28)4-5-31)14-7-19-22(30-11-25-26-21(14)30)29(23(32)33)8-15-16(24)2-3-18-20(15)12(9-34-18)10-35-19/h2-3,6-7,11-12,31H,4-5,8-10H2,1H3,(H,32,33)/t12-/m0/s1. The van der Waals surface area contributed by atoms with E-state index in [2.05, 4.69) is 15.3 Å². The Morgan fingerprint density at radius 3 is 2.80 bits per heavy atom. The van der Waals surface area contributed by atoms with Crippen LogP contribution >= 0.6 is 0 Å². The molecule has 0 fully saturated rings. The predicted molar refractivity (Wildman–Crippen MR) is 120 cm³/mol. The van der Waals surface area contributed by atoms with Crippen molar-refractivity contribution in [2.24, 2.45) is 7.05 Å². The number of aryl methyl sites for hydroxylation is 1. The van der Waals surface area contributed by atoms with Crippen molar-refractivity contribution < 1.29 is 28.9 Å². The van der Waals surface area contributed by atoms with Crippen LogP contribution in [0, 0.1) is 5.82 Å². The van der Waals surface area contributed by atoms with Gasteiger partial charge < -0.3 is 19.7 Å². The maximum Gasteiger partial charge on any atom is 0.413 e.